The Labute approximate surface area is 145 Å². The van der Waals surface area contributed by atoms with Gasteiger partial charge in [-0.1, -0.05) is 42.5 Å². The van der Waals surface area contributed by atoms with Gasteiger partial charge in [0.1, 0.15) is 0 Å². The van der Waals surface area contributed by atoms with Crippen LogP contribution in [0.25, 0.3) is 21.9 Å². The van der Waals surface area contributed by atoms with Crippen LogP contribution >= 0.6 is 0 Å². The lowest BCUT2D eigenvalue weighted by Gasteiger charge is -2.14. The van der Waals surface area contributed by atoms with E-state index in [0.717, 1.165) is 33.2 Å². The van der Waals surface area contributed by atoms with Gasteiger partial charge in [-0.2, -0.15) is 0 Å². The van der Waals surface area contributed by atoms with E-state index in [1.807, 2.05) is 55.5 Å². The first-order valence-corrected chi connectivity index (χ1v) is 8.32. The van der Waals surface area contributed by atoms with E-state index in [-0.39, 0.29) is 19.2 Å². The molecule has 126 valence electrons. The van der Waals surface area contributed by atoms with Crippen molar-refractivity contribution in [1.82, 2.24) is 0 Å². The minimum Gasteiger partial charge on any atom is -0.466 e. The van der Waals surface area contributed by atoms with Gasteiger partial charge in [0.15, 0.2) is 11.5 Å². The van der Waals surface area contributed by atoms with Gasteiger partial charge in [0.25, 0.3) is 0 Å². The van der Waals surface area contributed by atoms with Crippen LogP contribution in [0, 0.1) is 0 Å². The smallest absolute Gasteiger partial charge is 0.310 e. The molecule has 0 aromatic heterocycles. The second-order valence-electron chi connectivity index (χ2n) is 5.87. The molecule has 0 N–H and O–H groups in total. The van der Waals surface area contributed by atoms with E-state index in [9.17, 15) is 4.79 Å². The van der Waals surface area contributed by atoms with Crippen LogP contribution in [-0.4, -0.2) is 19.4 Å². The molecule has 0 aliphatic carbocycles. The van der Waals surface area contributed by atoms with Crippen LogP contribution in [0.5, 0.6) is 11.5 Å². The molecule has 0 fully saturated rings. The number of esters is 1. The van der Waals surface area contributed by atoms with Crippen molar-refractivity contribution in [2.24, 2.45) is 0 Å². The van der Waals surface area contributed by atoms with Gasteiger partial charge < -0.3 is 14.2 Å². The van der Waals surface area contributed by atoms with Crippen molar-refractivity contribution in [3.05, 3.63) is 60.2 Å². The maximum absolute atomic E-state index is 12.2. The van der Waals surface area contributed by atoms with E-state index in [1.54, 1.807) is 0 Å². The predicted molar refractivity (Wildman–Crippen MR) is 95.8 cm³/mol. The summed E-state index contributed by atoms with van der Waals surface area (Å²) in [6.07, 6.45) is 0.217. The van der Waals surface area contributed by atoms with Gasteiger partial charge in [-0.05, 0) is 46.5 Å². The van der Waals surface area contributed by atoms with Gasteiger partial charge >= 0.3 is 5.97 Å². The Bertz CT molecular complexity index is 932. The molecule has 0 bridgehead atoms. The monoisotopic (exact) mass is 334 g/mol. The third-order valence-electron chi connectivity index (χ3n) is 4.34. The third-order valence-corrected chi connectivity index (χ3v) is 4.34. The van der Waals surface area contributed by atoms with Crippen molar-refractivity contribution in [3.8, 4) is 22.6 Å². The van der Waals surface area contributed by atoms with Crippen LogP contribution in [0.15, 0.2) is 54.6 Å². The quantitative estimate of drug-likeness (QED) is 0.666. The molecule has 0 saturated carbocycles. The molecule has 3 aromatic carbocycles. The highest BCUT2D eigenvalue weighted by Gasteiger charge is 2.19. The Morgan fingerprint density at radius 2 is 1.80 bits per heavy atom. The molecule has 3 aromatic rings. The Balaban J connectivity index is 1.92. The molecule has 0 saturated heterocycles. The van der Waals surface area contributed by atoms with Crippen LogP contribution < -0.4 is 9.47 Å². The second kappa shape index (κ2) is 6.48. The summed E-state index contributed by atoms with van der Waals surface area (Å²) in [6, 6.07) is 18.1. The minimum atomic E-state index is -0.232. The van der Waals surface area contributed by atoms with Gasteiger partial charge in [-0.15, -0.1) is 0 Å². The molecule has 0 atom stereocenters. The Hall–Kier alpha value is -3.01. The lowest BCUT2D eigenvalue weighted by atomic mass is 9.92. The number of benzene rings is 3. The lowest BCUT2D eigenvalue weighted by molar-refractivity contribution is -0.142. The van der Waals surface area contributed by atoms with Crippen LogP contribution in [0.3, 0.4) is 0 Å². The van der Waals surface area contributed by atoms with E-state index in [2.05, 4.69) is 6.07 Å². The van der Waals surface area contributed by atoms with Crippen molar-refractivity contribution in [3.63, 3.8) is 0 Å². The van der Waals surface area contributed by atoms with E-state index >= 15 is 0 Å². The van der Waals surface area contributed by atoms with Crippen molar-refractivity contribution >= 4 is 16.7 Å². The maximum atomic E-state index is 12.2. The number of carbonyl (C=O) groups is 1. The topological polar surface area (TPSA) is 44.8 Å². The fraction of sp³-hybridized carbons (Fsp3) is 0.190. The molecule has 4 heteroatoms. The molecule has 0 radical (unpaired) electrons. The fourth-order valence-electron chi connectivity index (χ4n) is 3.21. The van der Waals surface area contributed by atoms with Crippen molar-refractivity contribution in [2.45, 2.75) is 13.3 Å². The average molecular weight is 334 g/mol. The number of carbonyl (C=O) groups excluding carboxylic acids is 1. The van der Waals surface area contributed by atoms with E-state index in [0.29, 0.717) is 12.4 Å². The zero-order valence-corrected chi connectivity index (χ0v) is 14.0. The summed E-state index contributed by atoms with van der Waals surface area (Å²) >= 11 is 0. The van der Waals surface area contributed by atoms with Gasteiger partial charge in [-0.25, -0.2) is 0 Å². The first-order valence-electron chi connectivity index (χ1n) is 8.32. The summed E-state index contributed by atoms with van der Waals surface area (Å²) in [5.74, 6) is 1.22. The first kappa shape index (κ1) is 15.5. The Morgan fingerprint density at radius 3 is 2.56 bits per heavy atom. The van der Waals surface area contributed by atoms with Crippen LogP contribution in [0.2, 0.25) is 0 Å². The minimum absolute atomic E-state index is 0.217. The number of rotatable bonds is 4. The number of hydrogen-bond acceptors (Lipinski definition) is 4. The highest BCUT2D eigenvalue weighted by Crippen LogP contribution is 2.39. The summed E-state index contributed by atoms with van der Waals surface area (Å²) in [4.78, 5) is 12.2. The Kier molecular flexibility index (Phi) is 4.02. The summed E-state index contributed by atoms with van der Waals surface area (Å²) in [7, 11) is 0. The fourth-order valence-corrected chi connectivity index (χ4v) is 3.21. The second-order valence-corrected chi connectivity index (χ2v) is 5.87. The van der Waals surface area contributed by atoms with Crippen LogP contribution in [0.1, 0.15) is 12.5 Å². The van der Waals surface area contributed by atoms with Crippen molar-refractivity contribution in [2.75, 3.05) is 13.4 Å². The van der Waals surface area contributed by atoms with Gasteiger partial charge in [0.05, 0.1) is 13.0 Å². The SMILES string of the molecule is CCOC(=O)Cc1c(-c2ccccc2)ccc2cc3c(cc12)OCO3. The highest BCUT2D eigenvalue weighted by molar-refractivity contribution is 5.96. The van der Waals surface area contributed by atoms with E-state index < -0.39 is 0 Å². The van der Waals surface area contributed by atoms with Crippen LogP contribution in [0.4, 0.5) is 0 Å². The zero-order chi connectivity index (χ0) is 17.2. The molecule has 1 aliphatic rings. The normalized spacial score (nSPS) is 12.4. The molecule has 25 heavy (non-hydrogen) atoms. The number of ether oxygens (including phenoxy) is 3. The number of fused-ring (bicyclic) bond motifs is 2. The molecular formula is C21H18O4. The van der Waals surface area contributed by atoms with Gasteiger partial charge in [0, 0.05) is 0 Å². The molecular weight excluding hydrogens is 316 g/mol. The zero-order valence-electron chi connectivity index (χ0n) is 14.0. The van der Waals surface area contributed by atoms with Gasteiger partial charge in [0.2, 0.25) is 6.79 Å². The summed E-state index contributed by atoms with van der Waals surface area (Å²) in [5.41, 5.74) is 3.04. The van der Waals surface area contributed by atoms with Crippen LogP contribution in [-0.2, 0) is 16.0 Å². The van der Waals surface area contributed by atoms with Gasteiger partial charge in [-0.3, -0.25) is 4.79 Å². The van der Waals surface area contributed by atoms with E-state index in [1.165, 1.54) is 0 Å². The van der Waals surface area contributed by atoms with E-state index in [4.69, 9.17) is 14.2 Å². The largest absolute Gasteiger partial charge is 0.466 e. The molecule has 0 spiro atoms. The number of hydrogen-bond donors (Lipinski definition) is 0. The summed E-state index contributed by atoms with van der Waals surface area (Å²) in [6.45, 7) is 2.41. The Morgan fingerprint density at radius 1 is 1.04 bits per heavy atom. The first-order chi connectivity index (χ1) is 12.3. The standard InChI is InChI=1S/C21H18O4/c1-2-23-21(22)12-18-16(14-6-4-3-5-7-14)9-8-15-10-19-20(11-17(15)18)25-13-24-19/h3-11H,2,12-13H2,1H3. The predicted octanol–water partition coefficient (Wildman–Crippen LogP) is 4.34. The van der Waals surface area contributed by atoms with Crippen molar-refractivity contribution < 1.29 is 19.0 Å². The molecule has 1 aliphatic heterocycles. The highest BCUT2D eigenvalue weighted by atomic mass is 16.7. The average Bonchev–Trinajstić information content (AvgIpc) is 3.08. The molecule has 4 nitrogen and oxygen atoms in total. The lowest BCUT2D eigenvalue weighted by Crippen LogP contribution is -2.09. The summed E-state index contributed by atoms with van der Waals surface area (Å²) in [5, 5.41) is 2.00. The molecule has 0 unspecified atom stereocenters. The molecule has 4 rings (SSSR count). The molecule has 0 amide bonds. The molecule has 1 heterocycles. The van der Waals surface area contributed by atoms with Crippen molar-refractivity contribution in [1.29, 1.82) is 0 Å². The maximum Gasteiger partial charge on any atom is 0.310 e. The summed E-state index contributed by atoms with van der Waals surface area (Å²) < 4.78 is 16.2. The third kappa shape index (κ3) is 2.91.